The maximum absolute atomic E-state index is 11.8. The molecular weight excluding hydrogens is 364 g/mol. The second-order valence-corrected chi connectivity index (χ2v) is 6.64. The van der Waals surface area contributed by atoms with Crippen molar-refractivity contribution in [2.75, 3.05) is 20.0 Å². The first-order valence-electron chi connectivity index (χ1n) is 8.20. The van der Waals surface area contributed by atoms with E-state index in [0.717, 1.165) is 16.0 Å². The first-order chi connectivity index (χ1) is 13.0. The van der Waals surface area contributed by atoms with Gasteiger partial charge in [0.05, 0.1) is 20.0 Å². The number of carbonyl (C=O) groups excluding carboxylic acids is 2. The smallest absolute Gasteiger partial charge is 0.262 e. The zero-order chi connectivity index (χ0) is 19.6. The summed E-state index contributed by atoms with van der Waals surface area (Å²) >= 11 is 1.40. The summed E-state index contributed by atoms with van der Waals surface area (Å²) < 4.78 is 10.4. The zero-order valence-electron chi connectivity index (χ0n) is 15.4. The van der Waals surface area contributed by atoms with Gasteiger partial charge in [-0.05, 0) is 42.8 Å². The van der Waals surface area contributed by atoms with Crippen molar-refractivity contribution < 1.29 is 19.1 Å². The van der Waals surface area contributed by atoms with Gasteiger partial charge in [-0.2, -0.15) is 0 Å². The molecule has 0 heterocycles. The zero-order valence-corrected chi connectivity index (χ0v) is 16.3. The van der Waals surface area contributed by atoms with Crippen LogP contribution in [0.4, 0.5) is 0 Å². The molecule has 0 saturated carbocycles. The van der Waals surface area contributed by atoms with Crippen molar-refractivity contribution in [1.29, 1.82) is 0 Å². The molecule has 0 aromatic heterocycles. The molecule has 0 radical (unpaired) electrons. The van der Waals surface area contributed by atoms with Gasteiger partial charge in [0, 0.05) is 11.0 Å². The molecular formula is C20H22N2O4S. The van der Waals surface area contributed by atoms with E-state index in [4.69, 9.17) is 9.47 Å². The number of hydrogen-bond acceptors (Lipinski definition) is 5. The number of carbonyl (C=O) groups is 2. The van der Waals surface area contributed by atoms with Crippen molar-refractivity contribution in [3.8, 4) is 11.5 Å². The average molecular weight is 386 g/mol. The lowest BCUT2D eigenvalue weighted by Crippen LogP contribution is -2.41. The van der Waals surface area contributed by atoms with Crippen LogP contribution in [-0.2, 0) is 9.59 Å². The van der Waals surface area contributed by atoms with Gasteiger partial charge in [0.2, 0.25) is 5.91 Å². The van der Waals surface area contributed by atoms with Crippen LogP contribution in [0.25, 0.3) is 6.08 Å². The van der Waals surface area contributed by atoms with E-state index in [0.29, 0.717) is 11.5 Å². The number of thioether (sulfide) groups is 1. The van der Waals surface area contributed by atoms with Gasteiger partial charge >= 0.3 is 0 Å². The van der Waals surface area contributed by atoms with Crippen molar-refractivity contribution in [1.82, 2.24) is 10.9 Å². The summed E-state index contributed by atoms with van der Waals surface area (Å²) in [5.74, 6) is 0.675. The molecule has 0 saturated heterocycles. The number of amides is 2. The maximum Gasteiger partial charge on any atom is 0.262 e. The Balaban J connectivity index is 1.78. The van der Waals surface area contributed by atoms with Crippen molar-refractivity contribution in [3.05, 3.63) is 59.7 Å². The molecule has 0 spiro atoms. The number of hydrogen-bond donors (Lipinski definition) is 2. The molecule has 2 rings (SSSR count). The molecule has 0 atom stereocenters. The Labute approximate surface area is 162 Å². The van der Waals surface area contributed by atoms with Crippen LogP contribution in [0.2, 0.25) is 0 Å². The Bertz CT molecular complexity index is 819. The summed E-state index contributed by atoms with van der Waals surface area (Å²) in [5, 5.41) is 0. The summed E-state index contributed by atoms with van der Waals surface area (Å²) in [6, 6.07) is 13.2. The maximum atomic E-state index is 11.8. The molecule has 7 heteroatoms. The van der Waals surface area contributed by atoms with Crippen molar-refractivity contribution in [2.24, 2.45) is 0 Å². The highest BCUT2D eigenvalue weighted by Crippen LogP contribution is 2.27. The van der Waals surface area contributed by atoms with Gasteiger partial charge in [0.15, 0.2) is 11.5 Å². The van der Waals surface area contributed by atoms with Crippen LogP contribution in [0.1, 0.15) is 11.1 Å². The monoisotopic (exact) mass is 386 g/mol. The van der Waals surface area contributed by atoms with Gasteiger partial charge in [-0.15, -0.1) is 11.8 Å². The third-order valence-electron chi connectivity index (χ3n) is 3.55. The highest BCUT2D eigenvalue weighted by molar-refractivity contribution is 8.00. The van der Waals surface area contributed by atoms with Crippen molar-refractivity contribution in [3.63, 3.8) is 0 Å². The molecule has 0 aliphatic rings. The molecule has 0 aliphatic heterocycles. The molecule has 2 N–H and O–H groups in total. The Morgan fingerprint density at radius 3 is 2.37 bits per heavy atom. The van der Waals surface area contributed by atoms with Crippen LogP contribution < -0.4 is 20.3 Å². The van der Waals surface area contributed by atoms with Crippen LogP contribution in [-0.4, -0.2) is 31.8 Å². The van der Waals surface area contributed by atoms with Gasteiger partial charge in [-0.3, -0.25) is 20.4 Å². The first kappa shape index (κ1) is 20.4. The van der Waals surface area contributed by atoms with E-state index in [1.165, 1.54) is 17.8 Å². The topological polar surface area (TPSA) is 76.7 Å². The molecule has 2 aromatic rings. The molecule has 2 aromatic carbocycles. The number of nitrogens with one attached hydrogen (secondary N) is 2. The number of rotatable bonds is 7. The van der Waals surface area contributed by atoms with Crippen LogP contribution in [0, 0.1) is 6.92 Å². The average Bonchev–Trinajstić information content (AvgIpc) is 2.69. The normalized spacial score (nSPS) is 10.5. The number of hydrazine groups is 1. The van der Waals surface area contributed by atoms with E-state index in [1.807, 2.05) is 31.2 Å². The van der Waals surface area contributed by atoms with Crippen LogP contribution >= 0.6 is 11.8 Å². The lowest BCUT2D eigenvalue weighted by atomic mass is 10.2. The molecule has 2 amide bonds. The predicted octanol–water partition coefficient (Wildman–Crippen LogP) is 2.97. The Morgan fingerprint density at radius 1 is 1.00 bits per heavy atom. The summed E-state index contributed by atoms with van der Waals surface area (Å²) in [6.45, 7) is 2.01. The quantitative estimate of drug-likeness (QED) is 0.435. The molecule has 6 nitrogen and oxygen atoms in total. The van der Waals surface area contributed by atoms with E-state index >= 15 is 0 Å². The fourth-order valence-electron chi connectivity index (χ4n) is 2.12. The third kappa shape index (κ3) is 6.71. The molecule has 0 aliphatic carbocycles. The fraction of sp³-hybridized carbons (Fsp3) is 0.200. The van der Waals surface area contributed by atoms with Gasteiger partial charge in [0.25, 0.3) is 5.91 Å². The van der Waals surface area contributed by atoms with Crippen molar-refractivity contribution >= 4 is 29.7 Å². The number of methoxy groups -OCH3 is 2. The molecule has 0 unspecified atom stereocenters. The SMILES string of the molecule is COc1ccc(/C=C/C(=O)NNC(=O)CSc2ccc(C)cc2)cc1OC. The molecule has 0 fully saturated rings. The van der Waals surface area contributed by atoms with Crippen LogP contribution in [0.5, 0.6) is 11.5 Å². The number of ether oxygens (including phenoxy) is 2. The third-order valence-corrected chi connectivity index (χ3v) is 4.56. The molecule has 0 bridgehead atoms. The number of benzene rings is 2. The minimum absolute atomic E-state index is 0.211. The Morgan fingerprint density at radius 2 is 1.70 bits per heavy atom. The van der Waals surface area contributed by atoms with E-state index in [1.54, 1.807) is 38.5 Å². The van der Waals surface area contributed by atoms with E-state index in [-0.39, 0.29) is 11.7 Å². The van der Waals surface area contributed by atoms with Gasteiger partial charge < -0.3 is 9.47 Å². The van der Waals surface area contributed by atoms with E-state index in [9.17, 15) is 9.59 Å². The fourth-order valence-corrected chi connectivity index (χ4v) is 2.82. The van der Waals surface area contributed by atoms with E-state index < -0.39 is 5.91 Å². The largest absolute Gasteiger partial charge is 0.493 e. The lowest BCUT2D eigenvalue weighted by molar-refractivity contribution is -0.125. The standard InChI is InChI=1S/C20H22N2O4S/c1-14-4-8-16(9-5-14)27-13-20(24)22-21-19(23)11-7-15-6-10-17(25-2)18(12-15)26-3/h4-12H,13H2,1-3H3,(H,21,23)(H,22,24)/b11-7+. The Kier molecular flexibility index (Phi) is 7.76. The number of aryl methyl sites for hydroxylation is 1. The second kappa shape index (κ2) is 10.3. The second-order valence-electron chi connectivity index (χ2n) is 5.59. The van der Waals surface area contributed by atoms with Crippen molar-refractivity contribution in [2.45, 2.75) is 11.8 Å². The van der Waals surface area contributed by atoms with Gasteiger partial charge in [-0.25, -0.2) is 0 Å². The first-order valence-corrected chi connectivity index (χ1v) is 9.19. The van der Waals surface area contributed by atoms with Crippen LogP contribution in [0.15, 0.2) is 53.4 Å². The van der Waals surface area contributed by atoms with Crippen LogP contribution in [0.3, 0.4) is 0 Å². The summed E-state index contributed by atoms with van der Waals surface area (Å²) in [5.41, 5.74) is 6.67. The van der Waals surface area contributed by atoms with Gasteiger partial charge in [-0.1, -0.05) is 23.8 Å². The summed E-state index contributed by atoms with van der Waals surface area (Å²) in [7, 11) is 3.10. The lowest BCUT2D eigenvalue weighted by Gasteiger charge is -2.08. The molecule has 27 heavy (non-hydrogen) atoms. The predicted molar refractivity (Wildman–Crippen MR) is 107 cm³/mol. The highest BCUT2D eigenvalue weighted by Gasteiger charge is 2.05. The highest BCUT2D eigenvalue weighted by atomic mass is 32.2. The minimum atomic E-state index is -0.432. The van der Waals surface area contributed by atoms with E-state index in [2.05, 4.69) is 10.9 Å². The van der Waals surface area contributed by atoms with Gasteiger partial charge in [0.1, 0.15) is 0 Å². The Hall–Kier alpha value is -2.93. The summed E-state index contributed by atoms with van der Waals surface area (Å²) in [4.78, 5) is 24.6. The molecule has 142 valence electrons. The summed E-state index contributed by atoms with van der Waals surface area (Å²) in [6.07, 6.45) is 2.94. The minimum Gasteiger partial charge on any atom is -0.493 e.